The van der Waals surface area contributed by atoms with Crippen LogP contribution in [0.5, 0.6) is 0 Å². The van der Waals surface area contributed by atoms with Crippen molar-refractivity contribution in [2.45, 2.75) is 236 Å². The Bertz CT molecular complexity index is 1520. The summed E-state index contributed by atoms with van der Waals surface area (Å²) in [5.74, 6) is -1.20. The van der Waals surface area contributed by atoms with Crippen LogP contribution in [0.4, 0.5) is 0 Å². The lowest BCUT2D eigenvalue weighted by atomic mass is 9.85. The van der Waals surface area contributed by atoms with Crippen LogP contribution in [0.1, 0.15) is 194 Å². The van der Waals surface area contributed by atoms with E-state index in [9.17, 15) is 44.6 Å². The van der Waals surface area contributed by atoms with E-state index in [2.05, 4.69) is 80.7 Å². The SMILES string of the molecule is CC/C=C/C/C=C/C/C=C/C/C=C/C/C=C/C/C=C/CCC(=O)O[C@@H](COC(=O)CCCCCCCCCCCCC/C=C/CCCCCCCC)COP(=O)(O)OC1C(O)C(O)C(O)[C@H](O)C1O. The van der Waals surface area contributed by atoms with Gasteiger partial charge in [0.2, 0.25) is 0 Å². The minimum atomic E-state index is -5.15. The number of phosphoric ester groups is 1. The van der Waals surface area contributed by atoms with Gasteiger partial charge in [0.05, 0.1) is 6.61 Å². The molecule has 0 aliphatic heterocycles. The molecule has 0 bridgehead atoms. The van der Waals surface area contributed by atoms with E-state index in [0.717, 1.165) is 51.4 Å². The van der Waals surface area contributed by atoms with Crippen LogP contribution < -0.4 is 0 Å². The maximum absolute atomic E-state index is 12.9. The van der Waals surface area contributed by atoms with Crippen LogP contribution in [0.2, 0.25) is 0 Å². The predicted molar refractivity (Wildman–Crippen MR) is 276 cm³/mol. The number of allylic oxidation sites excluding steroid dienone is 14. The molecule has 0 radical (unpaired) electrons. The van der Waals surface area contributed by atoms with Crippen LogP contribution in [0.25, 0.3) is 0 Å². The third-order valence-electron chi connectivity index (χ3n) is 11.7. The first-order valence-electron chi connectivity index (χ1n) is 26.4. The van der Waals surface area contributed by atoms with Crippen LogP contribution >= 0.6 is 7.82 Å². The van der Waals surface area contributed by atoms with Gasteiger partial charge in [-0.3, -0.25) is 18.6 Å². The van der Waals surface area contributed by atoms with Crippen LogP contribution in [-0.4, -0.2) is 98.3 Å². The molecule has 14 heteroatoms. The molecule has 0 aromatic carbocycles. The lowest BCUT2D eigenvalue weighted by Gasteiger charge is -2.41. The zero-order chi connectivity index (χ0) is 50.6. The molecule has 69 heavy (non-hydrogen) atoms. The van der Waals surface area contributed by atoms with Crippen molar-refractivity contribution in [1.29, 1.82) is 0 Å². The second-order valence-electron chi connectivity index (χ2n) is 18.0. The molecule has 0 heterocycles. The number of carbonyl (C=O) groups excluding carboxylic acids is 2. The first-order chi connectivity index (χ1) is 33.4. The van der Waals surface area contributed by atoms with E-state index in [-0.39, 0.29) is 12.8 Å². The standard InChI is InChI=1S/C55H93O13P/c1-3-5-7-9-11-13-15-17-19-21-23-24-26-27-29-31-33-35-37-39-41-43-48(56)65-45-47(46-66-69(63,64)68-55-53(61)51(59)50(58)52(60)54(55)62)67-49(57)44-42-40-38-36-34-32-30-28-25-22-20-18-16-14-12-10-8-6-4-2/h6,8,12,14,17-20,25,28,32,34,38,40,47,50-55,58-62H,3-5,7,9-11,13,15-16,21-24,26-27,29-31,33,35-37,39,41-46H2,1-2H3,(H,63,64)/b8-6+,14-12+,19-17+,20-18+,28-25+,34-32+,40-38+/t47-,50?,51-,52?,53?,54?,55?/m0/s1. The zero-order valence-corrected chi connectivity index (χ0v) is 43.2. The molecule has 1 saturated carbocycles. The maximum atomic E-state index is 12.9. The molecular weight excluding hydrogens is 900 g/mol. The van der Waals surface area contributed by atoms with Crippen molar-refractivity contribution in [2.24, 2.45) is 0 Å². The van der Waals surface area contributed by atoms with Crippen molar-refractivity contribution in [3.63, 3.8) is 0 Å². The fourth-order valence-corrected chi connectivity index (χ4v) is 8.52. The molecule has 0 amide bonds. The number of aliphatic hydroxyl groups is 5. The van der Waals surface area contributed by atoms with Gasteiger partial charge in [-0.1, -0.05) is 189 Å². The molecule has 0 aromatic rings. The van der Waals surface area contributed by atoms with E-state index in [0.29, 0.717) is 19.3 Å². The lowest BCUT2D eigenvalue weighted by Crippen LogP contribution is -2.64. The monoisotopic (exact) mass is 993 g/mol. The van der Waals surface area contributed by atoms with Gasteiger partial charge in [0, 0.05) is 12.8 Å². The Morgan fingerprint density at radius 3 is 1.32 bits per heavy atom. The highest BCUT2D eigenvalue weighted by molar-refractivity contribution is 7.47. The molecule has 8 atom stereocenters. The number of esters is 2. The molecule has 0 spiro atoms. The molecular formula is C55H93O13P. The summed E-state index contributed by atoms with van der Waals surface area (Å²) >= 11 is 0. The summed E-state index contributed by atoms with van der Waals surface area (Å²) in [4.78, 5) is 35.8. The summed E-state index contributed by atoms with van der Waals surface area (Å²) in [5, 5.41) is 50.3. The van der Waals surface area contributed by atoms with Gasteiger partial charge in [-0.25, -0.2) is 4.57 Å². The number of aliphatic hydroxyl groups excluding tert-OH is 5. The van der Waals surface area contributed by atoms with E-state index in [1.165, 1.54) is 96.3 Å². The highest BCUT2D eigenvalue weighted by Crippen LogP contribution is 2.47. The Hall–Kier alpha value is -2.97. The van der Waals surface area contributed by atoms with Gasteiger partial charge in [0.15, 0.2) is 6.10 Å². The molecule has 1 aliphatic carbocycles. The first kappa shape index (κ1) is 64.0. The van der Waals surface area contributed by atoms with Gasteiger partial charge < -0.3 is 39.9 Å². The van der Waals surface area contributed by atoms with Gasteiger partial charge in [0.1, 0.15) is 43.2 Å². The summed E-state index contributed by atoms with van der Waals surface area (Å²) in [6, 6.07) is 0. The predicted octanol–water partition coefficient (Wildman–Crippen LogP) is 11.6. The van der Waals surface area contributed by atoms with E-state index in [1.54, 1.807) is 0 Å². The number of ether oxygens (including phenoxy) is 2. The minimum absolute atomic E-state index is 0.0320. The number of hydrogen-bond donors (Lipinski definition) is 6. The average Bonchev–Trinajstić information content (AvgIpc) is 3.33. The number of phosphoric acid groups is 1. The Labute approximate surface area is 416 Å². The van der Waals surface area contributed by atoms with Crippen molar-refractivity contribution in [3.8, 4) is 0 Å². The summed E-state index contributed by atoms with van der Waals surface area (Å²) in [5.41, 5.74) is 0. The molecule has 396 valence electrons. The fraction of sp³-hybridized carbons (Fsp3) is 0.709. The van der Waals surface area contributed by atoms with Crippen molar-refractivity contribution >= 4 is 19.8 Å². The number of hydrogen-bond acceptors (Lipinski definition) is 12. The van der Waals surface area contributed by atoms with E-state index in [4.69, 9.17) is 18.5 Å². The van der Waals surface area contributed by atoms with Crippen LogP contribution in [0.3, 0.4) is 0 Å². The summed E-state index contributed by atoms with van der Waals surface area (Å²) in [7, 11) is -5.15. The normalized spacial score (nSPS) is 21.6. The number of rotatable bonds is 43. The van der Waals surface area contributed by atoms with Crippen molar-refractivity contribution < 1.29 is 63.1 Å². The summed E-state index contributed by atoms with van der Waals surface area (Å²) in [6.07, 6.45) is 45.0. The quantitative estimate of drug-likeness (QED) is 0.0146. The molecule has 6 unspecified atom stereocenters. The van der Waals surface area contributed by atoms with Gasteiger partial charge in [-0.05, 0) is 77.0 Å². The second kappa shape index (κ2) is 43.8. The van der Waals surface area contributed by atoms with E-state index < -0.39 is 75.7 Å². The smallest absolute Gasteiger partial charge is 0.462 e. The third kappa shape index (κ3) is 35.7. The van der Waals surface area contributed by atoms with Crippen LogP contribution in [-0.2, 0) is 32.7 Å². The highest BCUT2D eigenvalue weighted by atomic mass is 31.2. The van der Waals surface area contributed by atoms with Crippen molar-refractivity contribution in [3.05, 3.63) is 85.1 Å². The van der Waals surface area contributed by atoms with Gasteiger partial charge in [0.25, 0.3) is 0 Å². The van der Waals surface area contributed by atoms with Gasteiger partial charge in [-0.2, -0.15) is 0 Å². The molecule has 1 fully saturated rings. The van der Waals surface area contributed by atoms with Crippen LogP contribution in [0.15, 0.2) is 85.1 Å². The second-order valence-corrected chi connectivity index (χ2v) is 19.4. The average molecular weight is 993 g/mol. The summed E-state index contributed by atoms with van der Waals surface area (Å²) < 4.78 is 33.6. The van der Waals surface area contributed by atoms with E-state index >= 15 is 0 Å². The molecule has 1 aliphatic rings. The maximum Gasteiger partial charge on any atom is 0.472 e. The molecule has 0 aromatic heterocycles. The first-order valence-corrected chi connectivity index (χ1v) is 27.9. The van der Waals surface area contributed by atoms with E-state index in [1.807, 2.05) is 18.2 Å². The highest BCUT2D eigenvalue weighted by Gasteiger charge is 2.51. The Morgan fingerprint density at radius 1 is 0.464 bits per heavy atom. The van der Waals surface area contributed by atoms with Crippen LogP contribution in [0, 0.1) is 0 Å². The summed E-state index contributed by atoms with van der Waals surface area (Å²) in [6.45, 7) is 3.14. The fourth-order valence-electron chi connectivity index (χ4n) is 7.54. The Morgan fingerprint density at radius 2 is 0.855 bits per heavy atom. The number of unbranched alkanes of at least 4 members (excludes halogenated alkanes) is 17. The van der Waals surface area contributed by atoms with Gasteiger partial charge in [-0.15, -0.1) is 0 Å². The molecule has 0 saturated heterocycles. The lowest BCUT2D eigenvalue weighted by molar-refractivity contribution is -0.220. The largest absolute Gasteiger partial charge is 0.472 e. The van der Waals surface area contributed by atoms with Gasteiger partial charge >= 0.3 is 19.8 Å². The molecule has 1 rings (SSSR count). The topological polar surface area (TPSA) is 210 Å². The number of carbonyl (C=O) groups is 2. The molecule has 6 N–H and O–H groups in total. The minimum Gasteiger partial charge on any atom is -0.462 e. The zero-order valence-electron chi connectivity index (χ0n) is 42.3. The Balaban J connectivity index is 2.43. The third-order valence-corrected chi connectivity index (χ3v) is 12.7. The van der Waals surface area contributed by atoms with Crippen molar-refractivity contribution in [2.75, 3.05) is 13.2 Å². The van der Waals surface area contributed by atoms with Crippen molar-refractivity contribution in [1.82, 2.24) is 0 Å². The molecule has 13 nitrogen and oxygen atoms in total. The Kier molecular flexibility index (Phi) is 40.6.